The van der Waals surface area contributed by atoms with Crippen molar-refractivity contribution >= 4 is 54.9 Å². The average molecular weight is 440 g/mol. The predicted molar refractivity (Wildman–Crippen MR) is 105 cm³/mol. The van der Waals surface area contributed by atoms with Crippen LogP contribution in [0.15, 0.2) is 0 Å². The van der Waals surface area contributed by atoms with Gasteiger partial charge >= 0.3 is 5.97 Å². The zero-order chi connectivity index (χ0) is 21.9. The van der Waals surface area contributed by atoms with E-state index in [0.29, 0.717) is 0 Å². The number of carbonyl (C=O) groups is 5. The van der Waals surface area contributed by atoms with Gasteiger partial charge in [-0.25, -0.2) is 4.79 Å². The van der Waals surface area contributed by atoms with Crippen molar-refractivity contribution in [3.05, 3.63) is 0 Å². The van der Waals surface area contributed by atoms with Crippen molar-refractivity contribution in [1.29, 1.82) is 0 Å². The lowest BCUT2D eigenvalue weighted by Crippen LogP contribution is -2.58. The quantitative estimate of drug-likeness (QED) is 0.128. The number of rotatable bonds is 13. The number of amides is 4. The van der Waals surface area contributed by atoms with Crippen LogP contribution in [-0.2, 0) is 24.0 Å². The normalized spacial score (nSPS) is 14.9. The third kappa shape index (κ3) is 9.25. The summed E-state index contributed by atoms with van der Waals surface area (Å²) in [6.07, 6.45) is -0.508. The van der Waals surface area contributed by atoms with Gasteiger partial charge in [0, 0.05) is 17.9 Å². The van der Waals surface area contributed by atoms with Crippen molar-refractivity contribution in [3.8, 4) is 0 Å². The minimum absolute atomic E-state index is 0.00442. The molecule has 160 valence electrons. The Morgan fingerprint density at radius 3 is 1.79 bits per heavy atom. The molecule has 0 fully saturated rings. The predicted octanol–water partition coefficient (Wildman–Crippen LogP) is -4.03. The van der Waals surface area contributed by atoms with Gasteiger partial charge in [0.25, 0.3) is 0 Å². The first kappa shape index (κ1) is 26.0. The Morgan fingerprint density at radius 2 is 1.36 bits per heavy atom. The van der Waals surface area contributed by atoms with Gasteiger partial charge in [0.1, 0.15) is 18.1 Å². The summed E-state index contributed by atoms with van der Waals surface area (Å²) in [5.41, 5.74) is 10.5. The summed E-state index contributed by atoms with van der Waals surface area (Å²) in [5.74, 6) is -4.89. The number of carboxylic acid groups (broad SMARTS) is 1. The van der Waals surface area contributed by atoms with E-state index in [1.807, 2.05) is 0 Å². The SMILES string of the molecule is NC(=O)CCC(NC(=O)C(CO)NC(=O)C(N)CS)C(=O)NC(CS)C(=O)O. The van der Waals surface area contributed by atoms with Crippen LogP contribution in [0.4, 0.5) is 0 Å². The van der Waals surface area contributed by atoms with E-state index in [0.717, 1.165) is 0 Å². The Hall–Kier alpha value is -2.03. The Balaban J connectivity index is 5.20. The van der Waals surface area contributed by atoms with E-state index in [9.17, 15) is 29.1 Å². The van der Waals surface area contributed by atoms with Gasteiger partial charge in [0.05, 0.1) is 12.6 Å². The third-order valence-electron chi connectivity index (χ3n) is 3.46. The molecule has 4 atom stereocenters. The van der Waals surface area contributed by atoms with Crippen LogP contribution in [0.25, 0.3) is 0 Å². The van der Waals surface area contributed by atoms with Gasteiger partial charge in [-0.1, -0.05) is 0 Å². The monoisotopic (exact) mass is 439 g/mol. The number of aliphatic hydroxyl groups excluding tert-OH is 1. The molecule has 0 aromatic heterocycles. The number of aliphatic carboxylic acids is 1. The number of carbonyl (C=O) groups excluding carboxylic acids is 4. The fraction of sp³-hybridized carbons (Fsp3) is 0.643. The maximum absolute atomic E-state index is 12.3. The maximum Gasteiger partial charge on any atom is 0.327 e. The molecule has 14 heteroatoms. The van der Waals surface area contributed by atoms with Crippen molar-refractivity contribution < 1.29 is 34.2 Å². The van der Waals surface area contributed by atoms with Crippen molar-refractivity contribution in [2.24, 2.45) is 11.5 Å². The highest BCUT2D eigenvalue weighted by Gasteiger charge is 2.29. The maximum atomic E-state index is 12.3. The molecule has 12 nitrogen and oxygen atoms in total. The second kappa shape index (κ2) is 13.2. The molecule has 4 amide bonds. The van der Waals surface area contributed by atoms with Crippen LogP contribution in [0.3, 0.4) is 0 Å². The molecule has 0 rings (SSSR count). The summed E-state index contributed by atoms with van der Waals surface area (Å²) in [4.78, 5) is 58.4. The highest BCUT2D eigenvalue weighted by molar-refractivity contribution is 7.80. The average Bonchev–Trinajstić information content (AvgIpc) is 2.65. The number of nitrogens with two attached hydrogens (primary N) is 2. The first-order chi connectivity index (χ1) is 13.1. The largest absolute Gasteiger partial charge is 0.480 e. The third-order valence-corrected chi connectivity index (χ3v) is 4.22. The van der Waals surface area contributed by atoms with Crippen LogP contribution in [0, 0.1) is 0 Å². The Kier molecular flexibility index (Phi) is 12.2. The highest BCUT2D eigenvalue weighted by atomic mass is 32.1. The summed E-state index contributed by atoms with van der Waals surface area (Å²) < 4.78 is 0. The summed E-state index contributed by atoms with van der Waals surface area (Å²) in [5, 5.41) is 24.9. The Bertz CT molecular complexity index is 592. The van der Waals surface area contributed by atoms with Gasteiger partial charge < -0.3 is 37.6 Å². The molecule has 0 bridgehead atoms. The van der Waals surface area contributed by atoms with E-state index >= 15 is 0 Å². The molecule has 0 radical (unpaired) electrons. The molecule has 0 aliphatic carbocycles. The molecule has 28 heavy (non-hydrogen) atoms. The van der Waals surface area contributed by atoms with E-state index in [2.05, 4.69) is 41.2 Å². The summed E-state index contributed by atoms with van der Waals surface area (Å²) >= 11 is 7.66. The molecular formula is C14H25N5O7S2. The molecule has 0 saturated carbocycles. The fourth-order valence-corrected chi connectivity index (χ4v) is 2.25. The first-order valence-corrected chi connectivity index (χ1v) is 9.34. The molecule has 0 aromatic carbocycles. The highest BCUT2D eigenvalue weighted by Crippen LogP contribution is 2.01. The lowest BCUT2D eigenvalue weighted by molar-refractivity contribution is -0.141. The number of hydrogen-bond acceptors (Lipinski definition) is 9. The molecular weight excluding hydrogens is 414 g/mol. The van der Waals surface area contributed by atoms with Crippen LogP contribution in [0.2, 0.25) is 0 Å². The summed E-state index contributed by atoms with van der Waals surface area (Å²) in [6, 6.07) is -5.12. The van der Waals surface area contributed by atoms with E-state index < -0.39 is 60.4 Å². The molecule has 0 aliphatic rings. The summed E-state index contributed by atoms with van der Waals surface area (Å²) in [6.45, 7) is -0.796. The Labute approximate surface area is 172 Å². The minimum Gasteiger partial charge on any atom is -0.480 e. The molecule has 9 N–H and O–H groups in total. The molecule has 0 spiro atoms. The van der Waals surface area contributed by atoms with E-state index in [1.165, 1.54) is 0 Å². The lowest BCUT2D eigenvalue weighted by Gasteiger charge is -2.23. The minimum atomic E-state index is -1.43. The van der Waals surface area contributed by atoms with Crippen LogP contribution in [0.5, 0.6) is 0 Å². The fourth-order valence-electron chi connectivity index (χ4n) is 1.84. The van der Waals surface area contributed by atoms with Crippen LogP contribution in [0.1, 0.15) is 12.8 Å². The van der Waals surface area contributed by atoms with Gasteiger partial charge in [0.15, 0.2) is 0 Å². The van der Waals surface area contributed by atoms with E-state index in [1.54, 1.807) is 0 Å². The number of primary amides is 1. The van der Waals surface area contributed by atoms with Crippen molar-refractivity contribution in [3.63, 3.8) is 0 Å². The second-order valence-electron chi connectivity index (χ2n) is 5.68. The number of aliphatic hydroxyl groups is 1. The van der Waals surface area contributed by atoms with Crippen molar-refractivity contribution in [2.45, 2.75) is 37.0 Å². The first-order valence-electron chi connectivity index (χ1n) is 8.07. The van der Waals surface area contributed by atoms with Crippen LogP contribution in [-0.4, -0.2) is 82.1 Å². The number of nitrogens with one attached hydrogen (secondary N) is 3. The molecule has 4 unspecified atom stereocenters. The second-order valence-corrected chi connectivity index (χ2v) is 6.41. The van der Waals surface area contributed by atoms with Crippen molar-refractivity contribution in [1.82, 2.24) is 16.0 Å². The van der Waals surface area contributed by atoms with Crippen LogP contribution >= 0.6 is 25.3 Å². The molecule has 0 aliphatic heterocycles. The number of carboxylic acids is 1. The van der Waals surface area contributed by atoms with Crippen LogP contribution < -0.4 is 27.4 Å². The van der Waals surface area contributed by atoms with Gasteiger partial charge in [-0.3, -0.25) is 19.2 Å². The topological polar surface area (TPSA) is 214 Å². The number of hydrogen-bond donors (Lipinski definition) is 9. The zero-order valence-corrected chi connectivity index (χ0v) is 16.6. The van der Waals surface area contributed by atoms with Gasteiger partial charge in [-0.05, 0) is 6.42 Å². The summed E-state index contributed by atoms with van der Waals surface area (Å²) in [7, 11) is 0. The number of thiol groups is 2. The Morgan fingerprint density at radius 1 is 0.857 bits per heavy atom. The smallest absolute Gasteiger partial charge is 0.327 e. The van der Waals surface area contributed by atoms with Gasteiger partial charge in [0.2, 0.25) is 23.6 Å². The van der Waals surface area contributed by atoms with E-state index in [-0.39, 0.29) is 24.3 Å². The van der Waals surface area contributed by atoms with Gasteiger partial charge in [-0.2, -0.15) is 25.3 Å². The van der Waals surface area contributed by atoms with Gasteiger partial charge in [-0.15, -0.1) is 0 Å². The lowest BCUT2D eigenvalue weighted by atomic mass is 10.1. The van der Waals surface area contributed by atoms with E-state index in [4.69, 9.17) is 16.6 Å². The molecule has 0 aromatic rings. The molecule has 0 heterocycles. The van der Waals surface area contributed by atoms with Crippen molar-refractivity contribution in [2.75, 3.05) is 18.1 Å². The zero-order valence-electron chi connectivity index (χ0n) is 14.8. The molecule has 0 saturated heterocycles. The standard InChI is InChI=1S/C14H25N5O7S2/c15-6(4-27)11(22)18-8(3-20)13(24)17-7(1-2-10(16)21)12(23)19-9(5-28)14(25)26/h6-9,20,27-28H,1-5,15H2,(H2,16,21)(H,17,24)(H,18,22)(H,19,23)(H,25,26).